The Morgan fingerprint density at radius 2 is 2.45 bits per heavy atom. The van der Waals surface area contributed by atoms with Crippen LogP contribution in [0.4, 0.5) is 0 Å². The first-order valence-corrected chi connectivity index (χ1v) is 3.97. The van der Waals surface area contributed by atoms with Crippen LogP contribution in [-0.4, -0.2) is 18.5 Å². The van der Waals surface area contributed by atoms with E-state index in [0.717, 1.165) is 12.8 Å². The second-order valence-corrected chi connectivity index (χ2v) is 2.78. The molecule has 0 fully saturated rings. The maximum atomic E-state index is 10.6. The number of allylic oxidation sites excluding steroid dienone is 1. The van der Waals surface area contributed by atoms with Gasteiger partial charge >= 0.3 is 5.97 Å². The van der Waals surface area contributed by atoms with E-state index < -0.39 is 0 Å². The summed E-state index contributed by atoms with van der Waals surface area (Å²) in [5.74, 6) is -0.182. The van der Waals surface area contributed by atoms with E-state index in [2.05, 4.69) is 11.3 Å². The second-order valence-electron chi connectivity index (χ2n) is 2.22. The fourth-order valence-corrected chi connectivity index (χ4v) is 0.816. The van der Waals surface area contributed by atoms with Crippen LogP contribution in [0.5, 0.6) is 0 Å². The minimum absolute atomic E-state index is 0.0281. The van der Waals surface area contributed by atoms with Gasteiger partial charge < -0.3 is 4.74 Å². The lowest BCUT2D eigenvalue weighted by Crippen LogP contribution is -2.01. The highest BCUT2D eigenvalue weighted by molar-refractivity contribution is 6.21. The predicted octanol–water partition coefficient (Wildman–Crippen LogP) is 2.12. The van der Waals surface area contributed by atoms with E-state index in [1.807, 2.05) is 0 Å². The van der Waals surface area contributed by atoms with Crippen LogP contribution in [0.2, 0.25) is 0 Å². The number of halogens is 1. The number of rotatable bonds is 5. The van der Waals surface area contributed by atoms with E-state index in [1.165, 1.54) is 7.11 Å². The fourth-order valence-electron chi connectivity index (χ4n) is 0.661. The molecule has 0 radical (unpaired) electrons. The number of carbonyl (C=O) groups is 1. The van der Waals surface area contributed by atoms with E-state index >= 15 is 0 Å². The summed E-state index contributed by atoms with van der Waals surface area (Å²) in [6.07, 6.45) is 3.64. The summed E-state index contributed by atoms with van der Waals surface area (Å²) < 4.78 is 4.46. The maximum Gasteiger partial charge on any atom is 0.305 e. The molecule has 3 heteroatoms. The lowest BCUT2D eigenvalue weighted by Gasteiger charge is -2.01. The number of hydrogen-bond acceptors (Lipinski definition) is 2. The molecule has 64 valence electrons. The molecular weight excluding hydrogens is 164 g/mol. The van der Waals surface area contributed by atoms with Crippen LogP contribution in [0.1, 0.15) is 19.3 Å². The Morgan fingerprint density at radius 3 is 2.91 bits per heavy atom. The van der Waals surface area contributed by atoms with Gasteiger partial charge in [-0.3, -0.25) is 4.79 Å². The van der Waals surface area contributed by atoms with Gasteiger partial charge in [-0.05, 0) is 12.8 Å². The zero-order chi connectivity index (χ0) is 8.69. The summed E-state index contributed by atoms with van der Waals surface area (Å²) in [7, 11) is 1.38. The van der Waals surface area contributed by atoms with E-state index in [1.54, 1.807) is 6.08 Å². The van der Waals surface area contributed by atoms with Crippen LogP contribution in [0.15, 0.2) is 12.7 Å². The highest BCUT2D eigenvalue weighted by Gasteiger charge is 2.02. The third-order valence-electron chi connectivity index (χ3n) is 1.34. The van der Waals surface area contributed by atoms with Crippen molar-refractivity contribution in [1.82, 2.24) is 0 Å². The number of alkyl halides is 1. The monoisotopic (exact) mass is 176 g/mol. The van der Waals surface area contributed by atoms with Crippen molar-refractivity contribution in [1.29, 1.82) is 0 Å². The number of carbonyl (C=O) groups excluding carboxylic acids is 1. The number of ether oxygens (including phenoxy) is 1. The Hall–Kier alpha value is -0.500. The first-order valence-electron chi connectivity index (χ1n) is 3.54. The molecule has 0 aromatic heterocycles. The van der Waals surface area contributed by atoms with E-state index in [0.29, 0.717) is 6.42 Å². The number of methoxy groups -OCH3 is 1. The Balaban J connectivity index is 3.26. The molecular formula is C8H13ClO2. The third kappa shape index (κ3) is 5.92. The molecule has 0 aliphatic rings. The van der Waals surface area contributed by atoms with Gasteiger partial charge in [0.2, 0.25) is 0 Å². The molecule has 0 aliphatic heterocycles. The summed E-state index contributed by atoms with van der Waals surface area (Å²) in [6.45, 7) is 3.53. The van der Waals surface area contributed by atoms with Gasteiger partial charge in [0.05, 0.1) is 12.5 Å². The second kappa shape index (κ2) is 6.23. The zero-order valence-corrected chi connectivity index (χ0v) is 7.43. The summed E-state index contributed by atoms with van der Waals surface area (Å²) in [4.78, 5) is 10.6. The summed E-state index contributed by atoms with van der Waals surface area (Å²) in [5.41, 5.74) is 0. The topological polar surface area (TPSA) is 26.3 Å². The fraction of sp³-hybridized carbons (Fsp3) is 0.625. The molecule has 0 N–H and O–H groups in total. The van der Waals surface area contributed by atoms with Crippen molar-refractivity contribution in [3.05, 3.63) is 12.7 Å². The third-order valence-corrected chi connectivity index (χ3v) is 1.74. The van der Waals surface area contributed by atoms with Crippen molar-refractivity contribution >= 4 is 17.6 Å². The molecule has 11 heavy (non-hydrogen) atoms. The molecule has 0 rings (SSSR count). The largest absolute Gasteiger partial charge is 0.469 e. The molecule has 0 saturated carbocycles. The lowest BCUT2D eigenvalue weighted by molar-refractivity contribution is -0.140. The van der Waals surface area contributed by atoms with Crippen LogP contribution >= 0.6 is 11.6 Å². The van der Waals surface area contributed by atoms with Gasteiger partial charge in [-0.1, -0.05) is 6.08 Å². The Labute approximate surface area is 72.2 Å². The predicted molar refractivity (Wildman–Crippen MR) is 45.7 cm³/mol. The molecule has 0 aliphatic carbocycles. The first-order chi connectivity index (χ1) is 5.20. The highest BCUT2D eigenvalue weighted by atomic mass is 35.5. The van der Waals surface area contributed by atoms with Gasteiger partial charge in [-0.15, -0.1) is 18.2 Å². The van der Waals surface area contributed by atoms with Crippen LogP contribution < -0.4 is 0 Å². The van der Waals surface area contributed by atoms with Crippen LogP contribution in [0, 0.1) is 0 Å². The molecule has 1 unspecified atom stereocenters. The Bertz CT molecular complexity index is 134. The first kappa shape index (κ1) is 10.5. The SMILES string of the molecule is C=CC(Cl)CCCC(=O)OC. The molecule has 0 amide bonds. The van der Waals surface area contributed by atoms with Crippen molar-refractivity contribution in [2.45, 2.75) is 24.6 Å². The molecule has 1 atom stereocenters. The Kier molecular flexibility index (Phi) is 5.94. The highest BCUT2D eigenvalue weighted by Crippen LogP contribution is 2.08. The zero-order valence-electron chi connectivity index (χ0n) is 6.68. The van der Waals surface area contributed by atoms with Gasteiger partial charge in [0.25, 0.3) is 0 Å². The molecule has 0 bridgehead atoms. The van der Waals surface area contributed by atoms with Gasteiger partial charge in [-0.25, -0.2) is 0 Å². The van der Waals surface area contributed by atoms with Crippen LogP contribution in [-0.2, 0) is 9.53 Å². The van der Waals surface area contributed by atoms with Gasteiger partial charge in [0, 0.05) is 6.42 Å². The molecule has 0 aromatic rings. The van der Waals surface area contributed by atoms with Gasteiger partial charge in [0.1, 0.15) is 0 Å². The summed E-state index contributed by atoms with van der Waals surface area (Å²) in [5, 5.41) is -0.0281. The smallest absolute Gasteiger partial charge is 0.305 e. The average Bonchev–Trinajstić information content (AvgIpc) is 2.04. The molecule has 0 aromatic carbocycles. The minimum Gasteiger partial charge on any atom is -0.469 e. The van der Waals surface area contributed by atoms with Crippen molar-refractivity contribution in [2.24, 2.45) is 0 Å². The van der Waals surface area contributed by atoms with E-state index in [-0.39, 0.29) is 11.3 Å². The summed E-state index contributed by atoms with van der Waals surface area (Å²) >= 11 is 5.72. The van der Waals surface area contributed by atoms with Crippen molar-refractivity contribution in [3.8, 4) is 0 Å². The maximum absolute atomic E-state index is 10.6. The summed E-state index contributed by atoms with van der Waals surface area (Å²) in [6, 6.07) is 0. The quantitative estimate of drug-likeness (QED) is 0.365. The molecule has 0 spiro atoms. The van der Waals surface area contributed by atoms with Gasteiger partial charge in [-0.2, -0.15) is 0 Å². The van der Waals surface area contributed by atoms with Gasteiger partial charge in [0.15, 0.2) is 0 Å². The normalized spacial score (nSPS) is 12.2. The molecule has 0 saturated heterocycles. The van der Waals surface area contributed by atoms with E-state index in [9.17, 15) is 4.79 Å². The van der Waals surface area contributed by atoms with Crippen molar-refractivity contribution in [2.75, 3.05) is 7.11 Å². The van der Waals surface area contributed by atoms with E-state index in [4.69, 9.17) is 11.6 Å². The van der Waals surface area contributed by atoms with Crippen LogP contribution in [0.3, 0.4) is 0 Å². The number of hydrogen-bond donors (Lipinski definition) is 0. The van der Waals surface area contributed by atoms with Crippen LogP contribution in [0.25, 0.3) is 0 Å². The van der Waals surface area contributed by atoms with Crippen molar-refractivity contribution in [3.63, 3.8) is 0 Å². The number of esters is 1. The minimum atomic E-state index is -0.182. The lowest BCUT2D eigenvalue weighted by atomic mass is 10.2. The molecule has 2 nitrogen and oxygen atoms in total. The standard InChI is InChI=1S/C8H13ClO2/c1-3-7(9)5-4-6-8(10)11-2/h3,7H,1,4-6H2,2H3. The molecule has 0 heterocycles. The average molecular weight is 177 g/mol. The Morgan fingerprint density at radius 1 is 1.82 bits per heavy atom. The van der Waals surface area contributed by atoms with Crippen molar-refractivity contribution < 1.29 is 9.53 Å².